The van der Waals surface area contributed by atoms with Crippen molar-refractivity contribution in [1.82, 2.24) is 19.7 Å². The molecule has 7 nitrogen and oxygen atoms in total. The molecule has 31 heavy (non-hydrogen) atoms. The third-order valence-corrected chi connectivity index (χ3v) is 5.88. The molecule has 0 aliphatic heterocycles. The van der Waals surface area contributed by atoms with Gasteiger partial charge in [0.05, 0.1) is 23.6 Å². The Balaban J connectivity index is 1.81. The minimum Gasteiger partial charge on any atom is -0.462 e. The Morgan fingerprint density at radius 1 is 1.26 bits per heavy atom. The highest BCUT2D eigenvalue weighted by molar-refractivity contribution is 7.99. The van der Waals surface area contributed by atoms with Crippen LogP contribution in [0.15, 0.2) is 42.1 Å². The third kappa shape index (κ3) is 4.91. The van der Waals surface area contributed by atoms with E-state index >= 15 is 0 Å². The van der Waals surface area contributed by atoms with Crippen LogP contribution in [-0.2, 0) is 11.3 Å². The monoisotopic (exact) mass is 458 g/mol. The molecule has 0 atom stereocenters. The molecule has 0 fully saturated rings. The van der Waals surface area contributed by atoms with Gasteiger partial charge in [-0.2, -0.15) is 0 Å². The van der Waals surface area contributed by atoms with Crippen LogP contribution in [0.4, 0.5) is 0 Å². The predicted octanol–water partition coefficient (Wildman–Crippen LogP) is 4.88. The molecule has 0 radical (unpaired) electrons. The summed E-state index contributed by atoms with van der Waals surface area (Å²) in [4.78, 5) is 28.1. The molecule has 2 aromatic heterocycles. The van der Waals surface area contributed by atoms with Crippen LogP contribution >= 0.6 is 23.4 Å². The number of H-pyrrole nitrogens is 1. The first kappa shape index (κ1) is 22.8. The summed E-state index contributed by atoms with van der Waals surface area (Å²) in [7, 11) is 0. The van der Waals surface area contributed by atoms with Gasteiger partial charge in [0.2, 0.25) is 0 Å². The number of nitrogens with zero attached hydrogens (tertiary/aromatic N) is 3. The number of hydrogen-bond acceptors (Lipinski definition) is 6. The van der Waals surface area contributed by atoms with Crippen molar-refractivity contribution in [1.29, 1.82) is 0 Å². The number of Topliss-reactive ketones (excluding diaryl/α,β-unsaturated/α-hetero) is 1. The number of rotatable bonds is 9. The Morgan fingerprint density at radius 2 is 1.97 bits per heavy atom. The molecule has 9 heteroatoms. The predicted molar refractivity (Wildman–Crippen MR) is 122 cm³/mol. The van der Waals surface area contributed by atoms with Crippen LogP contribution in [0, 0.1) is 13.8 Å². The van der Waals surface area contributed by atoms with Gasteiger partial charge in [0.1, 0.15) is 0 Å². The number of aromatic nitrogens is 4. The van der Waals surface area contributed by atoms with Crippen LogP contribution in [-0.4, -0.2) is 43.9 Å². The number of esters is 1. The fraction of sp³-hybridized carbons (Fsp3) is 0.273. The number of carbonyl (C=O) groups is 2. The maximum Gasteiger partial charge on any atom is 0.340 e. The van der Waals surface area contributed by atoms with Crippen LogP contribution in [0.3, 0.4) is 0 Å². The first-order valence-corrected chi connectivity index (χ1v) is 11.1. The number of halogens is 1. The topological polar surface area (TPSA) is 89.9 Å². The number of ketones is 1. The molecule has 0 spiro atoms. The largest absolute Gasteiger partial charge is 0.462 e. The van der Waals surface area contributed by atoms with E-state index in [1.807, 2.05) is 16.7 Å². The zero-order valence-electron chi connectivity index (χ0n) is 17.6. The second-order valence-electron chi connectivity index (χ2n) is 6.77. The Bertz CT molecular complexity index is 1120. The standard InChI is InChI=1S/C22H23ClN4O3S/c1-5-11-27-20(15-7-9-16(23)10-8-15)25-26-22(27)31-12-17(28)19-13(3)18(14(4)24-19)21(29)30-6-2/h5,7-10,24H,1,6,11-12H2,2-4H3. The smallest absolute Gasteiger partial charge is 0.340 e. The second kappa shape index (κ2) is 9.98. The highest BCUT2D eigenvalue weighted by Crippen LogP contribution is 2.27. The van der Waals surface area contributed by atoms with Crippen LogP contribution < -0.4 is 0 Å². The molecule has 0 saturated heterocycles. The number of allylic oxidation sites excluding steroid dienone is 1. The summed E-state index contributed by atoms with van der Waals surface area (Å²) in [6.45, 7) is 9.81. The number of thioether (sulfide) groups is 1. The molecule has 0 amide bonds. The number of nitrogens with one attached hydrogen (secondary N) is 1. The van der Waals surface area contributed by atoms with Gasteiger partial charge in [0, 0.05) is 22.8 Å². The van der Waals surface area contributed by atoms with Gasteiger partial charge >= 0.3 is 5.97 Å². The van der Waals surface area contributed by atoms with Gasteiger partial charge in [-0.3, -0.25) is 9.36 Å². The molecule has 1 aromatic carbocycles. The molecule has 0 aliphatic rings. The lowest BCUT2D eigenvalue weighted by Gasteiger charge is -2.08. The molecule has 162 valence electrons. The first-order chi connectivity index (χ1) is 14.9. The lowest BCUT2D eigenvalue weighted by molar-refractivity contribution is 0.0525. The van der Waals surface area contributed by atoms with E-state index in [-0.39, 0.29) is 18.1 Å². The average molecular weight is 459 g/mol. The number of hydrogen-bond donors (Lipinski definition) is 1. The van der Waals surface area contributed by atoms with E-state index in [9.17, 15) is 9.59 Å². The van der Waals surface area contributed by atoms with E-state index in [2.05, 4.69) is 21.8 Å². The summed E-state index contributed by atoms with van der Waals surface area (Å²) in [5, 5.41) is 9.78. The summed E-state index contributed by atoms with van der Waals surface area (Å²) < 4.78 is 6.99. The van der Waals surface area contributed by atoms with Gasteiger partial charge in [0.15, 0.2) is 16.8 Å². The molecule has 3 rings (SSSR count). The fourth-order valence-electron chi connectivity index (χ4n) is 3.24. The van der Waals surface area contributed by atoms with Crippen molar-refractivity contribution in [3.63, 3.8) is 0 Å². The highest BCUT2D eigenvalue weighted by Gasteiger charge is 2.23. The average Bonchev–Trinajstić information content (AvgIpc) is 3.27. The van der Waals surface area contributed by atoms with Crippen molar-refractivity contribution >= 4 is 35.1 Å². The molecular formula is C22H23ClN4O3S. The SMILES string of the molecule is C=CCn1c(SCC(=O)c2[nH]c(C)c(C(=O)OCC)c2C)nnc1-c1ccc(Cl)cc1. The molecule has 2 heterocycles. The Kier molecular flexibility index (Phi) is 7.35. The normalized spacial score (nSPS) is 10.8. The summed E-state index contributed by atoms with van der Waals surface area (Å²) in [6, 6.07) is 7.32. The maximum absolute atomic E-state index is 12.9. The van der Waals surface area contributed by atoms with Crippen LogP contribution in [0.25, 0.3) is 11.4 Å². The lowest BCUT2D eigenvalue weighted by atomic mass is 10.1. The number of aromatic amines is 1. The molecule has 3 aromatic rings. The second-order valence-corrected chi connectivity index (χ2v) is 8.15. The Hall–Kier alpha value is -2.84. The van der Waals surface area contributed by atoms with Crippen molar-refractivity contribution < 1.29 is 14.3 Å². The molecule has 0 saturated carbocycles. The van der Waals surface area contributed by atoms with Crippen molar-refractivity contribution in [3.8, 4) is 11.4 Å². The zero-order chi connectivity index (χ0) is 22.5. The number of aryl methyl sites for hydroxylation is 1. The summed E-state index contributed by atoms with van der Waals surface area (Å²) in [5.41, 5.74) is 2.89. The van der Waals surface area contributed by atoms with Crippen molar-refractivity contribution in [2.75, 3.05) is 12.4 Å². The van der Waals surface area contributed by atoms with E-state index in [0.29, 0.717) is 45.1 Å². The molecule has 0 bridgehead atoms. The van der Waals surface area contributed by atoms with E-state index in [1.54, 1.807) is 39.0 Å². The first-order valence-electron chi connectivity index (χ1n) is 9.69. The fourth-order valence-corrected chi connectivity index (χ4v) is 4.19. The van der Waals surface area contributed by atoms with Gasteiger partial charge in [-0.15, -0.1) is 16.8 Å². The van der Waals surface area contributed by atoms with Crippen molar-refractivity contribution in [3.05, 3.63) is 64.5 Å². The Morgan fingerprint density at radius 3 is 2.61 bits per heavy atom. The molecule has 1 N–H and O–H groups in total. The summed E-state index contributed by atoms with van der Waals surface area (Å²) in [6.07, 6.45) is 1.75. The van der Waals surface area contributed by atoms with E-state index in [0.717, 1.165) is 5.56 Å². The summed E-state index contributed by atoms with van der Waals surface area (Å²) in [5.74, 6) is 0.239. The Labute approximate surface area is 189 Å². The van der Waals surface area contributed by atoms with Gasteiger partial charge in [-0.05, 0) is 50.6 Å². The minimum atomic E-state index is -0.432. The molecule has 0 unspecified atom stereocenters. The number of carbonyl (C=O) groups excluding carboxylic acids is 2. The number of ether oxygens (including phenoxy) is 1. The third-order valence-electron chi connectivity index (χ3n) is 4.66. The summed E-state index contributed by atoms with van der Waals surface area (Å²) >= 11 is 7.26. The highest BCUT2D eigenvalue weighted by atomic mass is 35.5. The number of benzene rings is 1. The van der Waals surface area contributed by atoms with Crippen LogP contribution in [0.2, 0.25) is 5.02 Å². The van der Waals surface area contributed by atoms with Crippen LogP contribution in [0.5, 0.6) is 0 Å². The van der Waals surface area contributed by atoms with E-state index in [4.69, 9.17) is 16.3 Å². The maximum atomic E-state index is 12.9. The molecule has 0 aliphatic carbocycles. The zero-order valence-corrected chi connectivity index (χ0v) is 19.1. The van der Waals surface area contributed by atoms with Gasteiger partial charge in [-0.25, -0.2) is 4.79 Å². The quantitative estimate of drug-likeness (QED) is 0.213. The van der Waals surface area contributed by atoms with Crippen molar-refractivity contribution in [2.24, 2.45) is 0 Å². The van der Waals surface area contributed by atoms with E-state index in [1.165, 1.54) is 11.8 Å². The van der Waals surface area contributed by atoms with Crippen LogP contribution in [0.1, 0.15) is 39.0 Å². The van der Waals surface area contributed by atoms with E-state index < -0.39 is 5.97 Å². The van der Waals surface area contributed by atoms with Gasteiger partial charge < -0.3 is 9.72 Å². The lowest BCUT2D eigenvalue weighted by Crippen LogP contribution is -2.09. The van der Waals surface area contributed by atoms with Crippen molar-refractivity contribution in [2.45, 2.75) is 32.5 Å². The minimum absolute atomic E-state index is 0.137. The van der Waals surface area contributed by atoms with Gasteiger partial charge in [-0.1, -0.05) is 29.4 Å². The van der Waals surface area contributed by atoms with Gasteiger partial charge in [0.25, 0.3) is 0 Å². The molecular weight excluding hydrogens is 436 g/mol.